The van der Waals surface area contributed by atoms with Crippen molar-refractivity contribution in [2.75, 3.05) is 11.9 Å². The molecule has 0 amide bonds. The highest BCUT2D eigenvalue weighted by Crippen LogP contribution is 2.33. The van der Waals surface area contributed by atoms with Crippen LogP contribution in [0.4, 0.5) is 5.82 Å². The van der Waals surface area contributed by atoms with Crippen molar-refractivity contribution in [2.45, 2.75) is 26.3 Å². The minimum Gasteiger partial charge on any atom is -0.491 e. The van der Waals surface area contributed by atoms with E-state index in [0.29, 0.717) is 6.61 Å². The molecule has 1 aliphatic rings. The van der Waals surface area contributed by atoms with Crippen LogP contribution in [0.15, 0.2) is 30.3 Å². The fourth-order valence-electron chi connectivity index (χ4n) is 2.35. The van der Waals surface area contributed by atoms with Crippen molar-refractivity contribution in [1.82, 2.24) is 9.97 Å². The second kappa shape index (κ2) is 4.88. The zero-order valence-electron chi connectivity index (χ0n) is 11.2. The van der Waals surface area contributed by atoms with E-state index in [2.05, 4.69) is 28.3 Å². The van der Waals surface area contributed by atoms with Crippen molar-refractivity contribution >= 4 is 5.82 Å². The molecule has 0 fully saturated rings. The Labute approximate surface area is 112 Å². The molecule has 1 N–H and O–H groups in total. The molecular formula is C15H17N3O. The molecule has 1 aromatic heterocycles. The van der Waals surface area contributed by atoms with Gasteiger partial charge in [0.15, 0.2) is 0 Å². The molecule has 0 saturated heterocycles. The Morgan fingerprint density at radius 3 is 3.00 bits per heavy atom. The van der Waals surface area contributed by atoms with Crippen LogP contribution >= 0.6 is 0 Å². The van der Waals surface area contributed by atoms with Gasteiger partial charge >= 0.3 is 0 Å². The summed E-state index contributed by atoms with van der Waals surface area (Å²) in [6, 6.07) is 10.3. The molecule has 3 rings (SSSR count). The van der Waals surface area contributed by atoms with E-state index in [1.54, 1.807) is 0 Å². The summed E-state index contributed by atoms with van der Waals surface area (Å²) in [5, 5.41) is 3.44. The van der Waals surface area contributed by atoms with Crippen molar-refractivity contribution in [1.29, 1.82) is 0 Å². The highest BCUT2D eigenvalue weighted by Gasteiger charge is 2.23. The summed E-state index contributed by atoms with van der Waals surface area (Å²) in [5.74, 6) is 2.63. The first kappa shape index (κ1) is 12.0. The van der Waals surface area contributed by atoms with Crippen LogP contribution in [0.5, 0.6) is 5.75 Å². The quantitative estimate of drug-likeness (QED) is 0.916. The maximum Gasteiger partial charge on any atom is 0.130 e. The lowest BCUT2D eigenvalue weighted by molar-refractivity contribution is 0.339. The highest BCUT2D eigenvalue weighted by atomic mass is 16.5. The van der Waals surface area contributed by atoms with Gasteiger partial charge in [-0.05, 0) is 19.4 Å². The number of benzene rings is 1. The molecule has 0 spiro atoms. The van der Waals surface area contributed by atoms with Gasteiger partial charge in [0.2, 0.25) is 0 Å². The number of hydrogen-bond acceptors (Lipinski definition) is 4. The molecule has 4 nitrogen and oxygen atoms in total. The monoisotopic (exact) mass is 255 g/mol. The second-order valence-electron chi connectivity index (χ2n) is 4.69. The summed E-state index contributed by atoms with van der Waals surface area (Å²) in [7, 11) is 0. The van der Waals surface area contributed by atoms with Crippen LogP contribution in [-0.2, 0) is 6.42 Å². The predicted molar refractivity (Wildman–Crippen MR) is 74.4 cm³/mol. The van der Waals surface area contributed by atoms with Crippen molar-refractivity contribution in [3.63, 3.8) is 0 Å². The summed E-state index contributed by atoms with van der Waals surface area (Å²) >= 11 is 0. The third kappa shape index (κ3) is 2.38. The predicted octanol–water partition coefficient (Wildman–Crippen LogP) is 2.89. The van der Waals surface area contributed by atoms with Gasteiger partial charge in [0.25, 0.3) is 0 Å². The first-order valence-corrected chi connectivity index (χ1v) is 6.59. The van der Waals surface area contributed by atoms with Crippen molar-refractivity contribution < 1.29 is 4.74 Å². The molecule has 0 saturated carbocycles. The molecule has 2 heterocycles. The molecule has 98 valence electrons. The Kier molecular flexibility index (Phi) is 3.07. The number of hydrogen-bond donors (Lipinski definition) is 1. The zero-order chi connectivity index (χ0) is 13.2. The Bertz CT molecular complexity index is 598. The minimum absolute atomic E-state index is 0.162. The van der Waals surface area contributed by atoms with E-state index in [4.69, 9.17) is 4.74 Å². The van der Waals surface area contributed by atoms with E-state index in [1.165, 1.54) is 5.56 Å². The number of aromatic nitrogens is 2. The van der Waals surface area contributed by atoms with Crippen LogP contribution < -0.4 is 10.1 Å². The molecular weight excluding hydrogens is 238 g/mol. The Morgan fingerprint density at radius 2 is 2.16 bits per heavy atom. The number of aryl methyl sites for hydroxylation is 2. The molecule has 1 aromatic carbocycles. The van der Waals surface area contributed by atoms with E-state index in [-0.39, 0.29) is 6.04 Å². The van der Waals surface area contributed by atoms with Gasteiger partial charge < -0.3 is 10.1 Å². The molecule has 0 aliphatic carbocycles. The number of anilines is 1. The number of rotatable bonds is 3. The number of nitrogens with one attached hydrogen (secondary N) is 1. The lowest BCUT2D eigenvalue weighted by Crippen LogP contribution is -2.14. The topological polar surface area (TPSA) is 47.0 Å². The van der Waals surface area contributed by atoms with Gasteiger partial charge in [-0.3, -0.25) is 0 Å². The molecule has 0 bridgehead atoms. The van der Waals surface area contributed by atoms with Crippen molar-refractivity contribution in [3.8, 4) is 5.75 Å². The number of nitrogens with zero attached hydrogens (tertiary/aromatic N) is 2. The van der Waals surface area contributed by atoms with E-state index in [9.17, 15) is 0 Å². The van der Waals surface area contributed by atoms with Crippen LogP contribution in [-0.4, -0.2) is 16.6 Å². The summed E-state index contributed by atoms with van der Waals surface area (Å²) in [4.78, 5) is 8.83. The minimum atomic E-state index is 0.162. The molecule has 2 aromatic rings. The molecule has 19 heavy (non-hydrogen) atoms. The lowest BCUT2D eigenvalue weighted by atomic mass is 10.1. The maximum absolute atomic E-state index is 5.66. The van der Waals surface area contributed by atoms with E-state index < -0.39 is 0 Å². The average molecular weight is 255 g/mol. The van der Waals surface area contributed by atoms with Crippen LogP contribution in [0.2, 0.25) is 0 Å². The fraction of sp³-hybridized carbons (Fsp3) is 0.333. The average Bonchev–Trinajstić information content (AvgIpc) is 2.82. The van der Waals surface area contributed by atoms with Gasteiger partial charge in [-0.2, -0.15) is 0 Å². The first-order valence-electron chi connectivity index (χ1n) is 6.59. The van der Waals surface area contributed by atoms with Gasteiger partial charge in [0, 0.05) is 17.3 Å². The molecule has 1 unspecified atom stereocenters. The summed E-state index contributed by atoms with van der Waals surface area (Å²) in [6.07, 6.45) is 0.912. The third-order valence-corrected chi connectivity index (χ3v) is 3.28. The van der Waals surface area contributed by atoms with Gasteiger partial charge in [0.1, 0.15) is 24.0 Å². The number of para-hydroxylation sites is 1. The van der Waals surface area contributed by atoms with Crippen molar-refractivity contribution in [2.24, 2.45) is 0 Å². The SMILES string of the molecule is CCc1cc(NC2COc3ccccc32)nc(C)n1. The van der Waals surface area contributed by atoms with Crippen LogP contribution in [0.3, 0.4) is 0 Å². The van der Waals surface area contributed by atoms with Gasteiger partial charge in [-0.25, -0.2) is 9.97 Å². The largest absolute Gasteiger partial charge is 0.491 e. The lowest BCUT2D eigenvalue weighted by Gasteiger charge is -2.13. The second-order valence-corrected chi connectivity index (χ2v) is 4.69. The fourth-order valence-corrected chi connectivity index (χ4v) is 2.35. The van der Waals surface area contributed by atoms with Gasteiger partial charge in [0.05, 0.1) is 6.04 Å². The normalized spacial score (nSPS) is 16.8. The van der Waals surface area contributed by atoms with Crippen LogP contribution in [0.25, 0.3) is 0 Å². The first-order chi connectivity index (χ1) is 9.26. The zero-order valence-corrected chi connectivity index (χ0v) is 11.2. The smallest absolute Gasteiger partial charge is 0.130 e. The number of ether oxygens (including phenoxy) is 1. The summed E-state index contributed by atoms with van der Waals surface area (Å²) in [5.41, 5.74) is 2.25. The van der Waals surface area contributed by atoms with E-state index >= 15 is 0 Å². The molecule has 4 heteroatoms. The van der Waals surface area contributed by atoms with Crippen LogP contribution in [0, 0.1) is 6.92 Å². The number of fused-ring (bicyclic) bond motifs is 1. The summed E-state index contributed by atoms with van der Waals surface area (Å²) in [6.45, 7) is 4.66. The molecule has 1 atom stereocenters. The van der Waals surface area contributed by atoms with E-state index in [0.717, 1.165) is 29.5 Å². The Balaban J connectivity index is 1.85. The maximum atomic E-state index is 5.66. The van der Waals surface area contributed by atoms with Crippen molar-refractivity contribution in [3.05, 3.63) is 47.4 Å². The van der Waals surface area contributed by atoms with Gasteiger partial charge in [-0.1, -0.05) is 25.1 Å². The standard InChI is InChI=1S/C15H17N3O/c1-3-11-8-15(17-10(2)16-11)18-13-9-19-14-7-5-4-6-12(13)14/h4-8,13H,3,9H2,1-2H3,(H,16,17,18). The third-order valence-electron chi connectivity index (χ3n) is 3.28. The van der Waals surface area contributed by atoms with Crippen LogP contribution in [0.1, 0.15) is 30.0 Å². The summed E-state index contributed by atoms with van der Waals surface area (Å²) < 4.78 is 5.66. The Hall–Kier alpha value is -2.10. The molecule has 1 aliphatic heterocycles. The van der Waals surface area contributed by atoms with Gasteiger partial charge in [-0.15, -0.1) is 0 Å². The highest BCUT2D eigenvalue weighted by molar-refractivity contribution is 5.46. The van der Waals surface area contributed by atoms with E-state index in [1.807, 2.05) is 31.2 Å². The Morgan fingerprint density at radius 1 is 1.32 bits per heavy atom. The molecule has 0 radical (unpaired) electrons.